The standard InChI is InChI=1S/C24H27F2N5O4S.ClH/c1-3-28(4-2)7-8-30(24-27-22-18(26)14-17(25)15-21(22)36-24)23(32)16-5-6-19(20(13-16)31(33)34)29-9-11-35-12-10-29;/h5-6,13-15H,3-4,7-12H2,1-2H3;1H. The Morgan fingerprint density at radius 1 is 1.16 bits per heavy atom. The van der Waals surface area contributed by atoms with Crippen LogP contribution in [0.1, 0.15) is 24.2 Å². The summed E-state index contributed by atoms with van der Waals surface area (Å²) in [5.74, 6) is -2.04. The highest BCUT2D eigenvalue weighted by molar-refractivity contribution is 7.22. The summed E-state index contributed by atoms with van der Waals surface area (Å²) >= 11 is 0.999. The molecule has 1 aromatic heterocycles. The van der Waals surface area contributed by atoms with Gasteiger partial charge in [-0.1, -0.05) is 25.2 Å². The van der Waals surface area contributed by atoms with Gasteiger partial charge in [-0.2, -0.15) is 0 Å². The molecule has 3 aromatic rings. The molecule has 0 spiro atoms. The second-order valence-electron chi connectivity index (χ2n) is 8.27. The van der Waals surface area contributed by atoms with Crippen LogP contribution in [0.5, 0.6) is 0 Å². The van der Waals surface area contributed by atoms with E-state index in [0.717, 1.165) is 30.5 Å². The number of carbonyl (C=O) groups excluding carboxylic acids is 1. The van der Waals surface area contributed by atoms with E-state index in [2.05, 4.69) is 9.88 Å². The smallest absolute Gasteiger partial charge is 0.293 e. The maximum Gasteiger partial charge on any atom is 0.293 e. The molecule has 9 nitrogen and oxygen atoms in total. The number of hydrogen-bond donors (Lipinski definition) is 0. The maximum atomic E-state index is 14.3. The number of likely N-dealkylation sites (N-methyl/N-ethyl adjacent to an activating group) is 1. The summed E-state index contributed by atoms with van der Waals surface area (Å²) in [6, 6.07) is 6.33. The van der Waals surface area contributed by atoms with Crippen LogP contribution in [-0.2, 0) is 4.74 Å². The number of aromatic nitrogens is 1. The first-order chi connectivity index (χ1) is 17.3. The van der Waals surface area contributed by atoms with Gasteiger partial charge in [-0.05, 0) is 31.3 Å². The zero-order valence-electron chi connectivity index (χ0n) is 20.5. The molecule has 1 aliphatic rings. The second kappa shape index (κ2) is 12.5. The molecule has 0 aliphatic carbocycles. The fraction of sp³-hybridized carbons (Fsp3) is 0.417. The molecule has 37 heavy (non-hydrogen) atoms. The number of thiazole rings is 1. The Morgan fingerprint density at radius 2 is 1.86 bits per heavy atom. The number of amides is 1. The first-order valence-corrected chi connectivity index (χ1v) is 12.5. The fourth-order valence-electron chi connectivity index (χ4n) is 4.16. The van der Waals surface area contributed by atoms with E-state index in [4.69, 9.17) is 4.74 Å². The lowest BCUT2D eigenvalue weighted by molar-refractivity contribution is -0.384. The molecule has 1 saturated heterocycles. The van der Waals surface area contributed by atoms with E-state index in [9.17, 15) is 23.7 Å². The number of anilines is 2. The summed E-state index contributed by atoms with van der Waals surface area (Å²) in [7, 11) is 0. The lowest BCUT2D eigenvalue weighted by atomic mass is 10.1. The molecular formula is C24H28ClF2N5O4S. The van der Waals surface area contributed by atoms with Crippen molar-refractivity contribution < 1.29 is 23.2 Å². The SMILES string of the molecule is CCN(CC)CCN(C(=O)c1ccc(N2CCOCC2)c([N+](=O)[O-])c1)c1nc2c(F)cc(F)cc2s1.Cl. The topological polar surface area (TPSA) is 92.0 Å². The monoisotopic (exact) mass is 555 g/mol. The lowest BCUT2D eigenvalue weighted by Gasteiger charge is -2.29. The Hall–Kier alpha value is -2.93. The fourth-order valence-corrected chi connectivity index (χ4v) is 5.19. The molecule has 2 heterocycles. The minimum Gasteiger partial charge on any atom is -0.378 e. The number of carbonyl (C=O) groups is 1. The number of ether oxygens (including phenoxy) is 1. The molecule has 0 atom stereocenters. The van der Waals surface area contributed by atoms with Crippen molar-refractivity contribution in [2.24, 2.45) is 0 Å². The number of morpholine rings is 1. The predicted octanol–water partition coefficient (Wildman–Crippen LogP) is 4.73. The third-order valence-corrected chi connectivity index (χ3v) is 7.21. The molecular weight excluding hydrogens is 528 g/mol. The number of hydrogen-bond acceptors (Lipinski definition) is 8. The molecule has 0 unspecified atom stereocenters. The molecule has 1 fully saturated rings. The van der Waals surface area contributed by atoms with Gasteiger partial charge in [-0.15, -0.1) is 12.4 Å². The van der Waals surface area contributed by atoms with Crippen LogP contribution in [0.25, 0.3) is 10.2 Å². The van der Waals surface area contributed by atoms with Crippen molar-refractivity contribution in [2.75, 3.05) is 62.3 Å². The summed E-state index contributed by atoms with van der Waals surface area (Å²) in [6.45, 7) is 8.21. The van der Waals surface area contributed by atoms with Crippen molar-refractivity contribution >= 4 is 56.4 Å². The van der Waals surface area contributed by atoms with Crippen molar-refractivity contribution in [3.05, 3.63) is 57.6 Å². The summed E-state index contributed by atoms with van der Waals surface area (Å²) < 4.78 is 33.7. The number of nitro groups is 1. The number of benzene rings is 2. The summed E-state index contributed by atoms with van der Waals surface area (Å²) in [5, 5.41) is 12.1. The first kappa shape index (κ1) is 28.6. The van der Waals surface area contributed by atoms with Gasteiger partial charge in [0.05, 0.1) is 22.8 Å². The van der Waals surface area contributed by atoms with Crippen LogP contribution >= 0.6 is 23.7 Å². The average molecular weight is 556 g/mol. The van der Waals surface area contributed by atoms with Gasteiger partial charge in [0.1, 0.15) is 17.0 Å². The number of nitrogens with zero attached hydrogens (tertiary/aromatic N) is 5. The van der Waals surface area contributed by atoms with Gasteiger partial charge in [-0.3, -0.25) is 19.8 Å². The van der Waals surface area contributed by atoms with E-state index in [1.807, 2.05) is 18.7 Å². The molecule has 0 bridgehead atoms. The van der Waals surface area contributed by atoms with Crippen molar-refractivity contribution in [1.82, 2.24) is 9.88 Å². The minimum atomic E-state index is -0.811. The van der Waals surface area contributed by atoms with Crippen LogP contribution < -0.4 is 9.80 Å². The van der Waals surface area contributed by atoms with Crippen molar-refractivity contribution in [3.63, 3.8) is 0 Å². The van der Waals surface area contributed by atoms with Crippen molar-refractivity contribution in [1.29, 1.82) is 0 Å². The quantitative estimate of drug-likeness (QED) is 0.278. The van der Waals surface area contributed by atoms with Crippen LogP contribution in [0.15, 0.2) is 30.3 Å². The van der Waals surface area contributed by atoms with Gasteiger partial charge in [0.2, 0.25) is 0 Å². The Morgan fingerprint density at radius 3 is 2.51 bits per heavy atom. The highest BCUT2D eigenvalue weighted by Crippen LogP contribution is 2.34. The van der Waals surface area contributed by atoms with E-state index in [0.29, 0.717) is 38.5 Å². The van der Waals surface area contributed by atoms with Gasteiger partial charge in [0.15, 0.2) is 10.9 Å². The number of halogens is 3. The Kier molecular flexibility index (Phi) is 9.71. The summed E-state index contributed by atoms with van der Waals surface area (Å²) in [5.41, 5.74) is 0.339. The second-order valence-corrected chi connectivity index (χ2v) is 9.28. The molecule has 2 aromatic carbocycles. The number of nitro benzene ring substituents is 1. The van der Waals surface area contributed by atoms with Gasteiger partial charge in [0, 0.05) is 43.9 Å². The Labute approximate surface area is 223 Å². The third-order valence-electron chi connectivity index (χ3n) is 6.18. The zero-order valence-corrected chi connectivity index (χ0v) is 22.1. The van der Waals surface area contributed by atoms with Gasteiger partial charge in [0.25, 0.3) is 11.6 Å². The predicted molar refractivity (Wildman–Crippen MR) is 142 cm³/mol. The molecule has 0 N–H and O–H groups in total. The van der Waals surface area contributed by atoms with E-state index < -0.39 is 22.5 Å². The van der Waals surface area contributed by atoms with E-state index in [1.165, 1.54) is 17.0 Å². The van der Waals surface area contributed by atoms with E-state index in [-0.39, 0.29) is 45.6 Å². The van der Waals surface area contributed by atoms with Crippen LogP contribution in [0, 0.1) is 21.7 Å². The largest absolute Gasteiger partial charge is 0.378 e. The molecule has 0 saturated carbocycles. The lowest BCUT2D eigenvalue weighted by Crippen LogP contribution is -2.39. The van der Waals surface area contributed by atoms with Crippen LogP contribution in [0.3, 0.4) is 0 Å². The molecule has 1 aliphatic heterocycles. The first-order valence-electron chi connectivity index (χ1n) is 11.7. The van der Waals surface area contributed by atoms with Crippen LogP contribution in [-0.4, -0.2) is 73.2 Å². The van der Waals surface area contributed by atoms with Crippen LogP contribution in [0.4, 0.5) is 25.3 Å². The average Bonchev–Trinajstić information content (AvgIpc) is 3.30. The molecule has 4 rings (SSSR count). The Bertz CT molecular complexity index is 1270. The van der Waals surface area contributed by atoms with Gasteiger partial charge in [-0.25, -0.2) is 13.8 Å². The van der Waals surface area contributed by atoms with Crippen molar-refractivity contribution in [3.8, 4) is 0 Å². The number of fused-ring (bicyclic) bond motifs is 1. The highest BCUT2D eigenvalue weighted by Gasteiger charge is 2.27. The minimum absolute atomic E-state index is 0. The van der Waals surface area contributed by atoms with E-state index in [1.54, 1.807) is 12.1 Å². The maximum absolute atomic E-state index is 14.3. The zero-order chi connectivity index (χ0) is 25.8. The highest BCUT2D eigenvalue weighted by atomic mass is 35.5. The van der Waals surface area contributed by atoms with Gasteiger partial charge < -0.3 is 14.5 Å². The Balaban J connectivity index is 0.00000380. The molecule has 13 heteroatoms. The molecule has 0 radical (unpaired) electrons. The van der Waals surface area contributed by atoms with Crippen molar-refractivity contribution in [2.45, 2.75) is 13.8 Å². The summed E-state index contributed by atoms with van der Waals surface area (Å²) in [6.07, 6.45) is 0. The third kappa shape index (κ3) is 6.32. The number of rotatable bonds is 9. The normalized spacial score (nSPS) is 13.6. The van der Waals surface area contributed by atoms with Gasteiger partial charge >= 0.3 is 0 Å². The van der Waals surface area contributed by atoms with Crippen LogP contribution in [0.2, 0.25) is 0 Å². The van der Waals surface area contributed by atoms with E-state index >= 15 is 0 Å². The molecule has 200 valence electrons. The molecule has 1 amide bonds. The summed E-state index contributed by atoms with van der Waals surface area (Å²) in [4.78, 5) is 34.7.